The SMILES string of the molecule is OC(c1ncccn1)C1CCOC2(CCSC2)C1. The third kappa shape index (κ3) is 2.39. The van der Waals surface area contributed by atoms with Crippen molar-refractivity contribution in [2.75, 3.05) is 18.1 Å². The van der Waals surface area contributed by atoms with Gasteiger partial charge in [-0.25, -0.2) is 9.97 Å². The molecule has 2 fully saturated rings. The van der Waals surface area contributed by atoms with Crippen LogP contribution < -0.4 is 0 Å². The highest BCUT2D eigenvalue weighted by Crippen LogP contribution is 2.43. The van der Waals surface area contributed by atoms with Gasteiger partial charge < -0.3 is 9.84 Å². The first-order valence-electron chi connectivity index (χ1n) is 6.46. The van der Waals surface area contributed by atoms with Crippen molar-refractivity contribution in [2.45, 2.75) is 31.0 Å². The van der Waals surface area contributed by atoms with Crippen molar-refractivity contribution >= 4 is 11.8 Å². The lowest BCUT2D eigenvalue weighted by Gasteiger charge is -2.39. The van der Waals surface area contributed by atoms with Crippen LogP contribution in [0.3, 0.4) is 0 Å². The number of ether oxygens (including phenoxy) is 1. The number of thioether (sulfide) groups is 1. The molecule has 0 saturated carbocycles. The Balaban J connectivity index is 1.72. The molecule has 0 amide bonds. The van der Waals surface area contributed by atoms with E-state index in [1.165, 1.54) is 5.75 Å². The van der Waals surface area contributed by atoms with Crippen LogP contribution in [0.1, 0.15) is 31.2 Å². The molecule has 1 N–H and O–H groups in total. The Kier molecular flexibility index (Phi) is 3.54. The van der Waals surface area contributed by atoms with Crippen molar-refractivity contribution in [3.8, 4) is 0 Å². The van der Waals surface area contributed by atoms with Gasteiger partial charge in [-0.05, 0) is 37.0 Å². The summed E-state index contributed by atoms with van der Waals surface area (Å²) in [6, 6.07) is 1.77. The number of hydrogen-bond acceptors (Lipinski definition) is 5. The van der Waals surface area contributed by atoms with Crippen LogP contribution in [0.15, 0.2) is 18.5 Å². The summed E-state index contributed by atoms with van der Waals surface area (Å²) in [5, 5.41) is 10.4. The number of aliphatic hydroxyl groups excluding tert-OH is 1. The van der Waals surface area contributed by atoms with E-state index in [1.807, 2.05) is 11.8 Å². The van der Waals surface area contributed by atoms with Crippen molar-refractivity contribution in [1.29, 1.82) is 0 Å². The van der Waals surface area contributed by atoms with Gasteiger partial charge in [-0.15, -0.1) is 0 Å². The number of aromatic nitrogens is 2. The molecule has 1 aromatic heterocycles. The van der Waals surface area contributed by atoms with Gasteiger partial charge in [-0.2, -0.15) is 11.8 Å². The maximum atomic E-state index is 10.4. The predicted molar refractivity (Wildman–Crippen MR) is 70.3 cm³/mol. The first kappa shape index (κ1) is 12.4. The van der Waals surface area contributed by atoms with Crippen LogP contribution in [0.2, 0.25) is 0 Å². The van der Waals surface area contributed by atoms with E-state index in [1.54, 1.807) is 18.5 Å². The standard InChI is InChI=1S/C13H18N2O2S/c16-11(12-14-4-1-5-15-12)10-2-6-17-13(8-10)3-7-18-9-13/h1,4-5,10-11,16H,2-3,6-9H2. The minimum absolute atomic E-state index is 0.00332. The average Bonchev–Trinajstić information content (AvgIpc) is 2.87. The van der Waals surface area contributed by atoms with Crippen LogP contribution in [-0.4, -0.2) is 38.8 Å². The van der Waals surface area contributed by atoms with Crippen LogP contribution in [-0.2, 0) is 4.74 Å². The zero-order valence-corrected chi connectivity index (χ0v) is 11.1. The predicted octanol–water partition coefficient (Wildman–Crippen LogP) is 1.81. The first-order valence-corrected chi connectivity index (χ1v) is 7.61. The van der Waals surface area contributed by atoms with Gasteiger partial charge in [-0.3, -0.25) is 0 Å². The Labute approximate surface area is 111 Å². The number of hydrogen-bond donors (Lipinski definition) is 1. The molecule has 1 aromatic rings. The molecule has 3 heterocycles. The number of rotatable bonds is 2. The minimum Gasteiger partial charge on any atom is -0.385 e. The summed E-state index contributed by atoms with van der Waals surface area (Å²) in [6.07, 6.45) is 5.75. The normalized spacial score (nSPS) is 33.7. The van der Waals surface area contributed by atoms with Gasteiger partial charge in [0.1, 0.15) is 6.10 Å². The third-order valence-electron chi connectivity index (χ3n) is 3.90. The second-order valence-electron chi connectivity index (χ2n) is 5.14. The van der Waals surface area contributed by atoms with Crippen LogP contribution in [0.5, 0.6) is 0 Å². The summed E-state index contributed by atoms with van der Waals surface area (Å²) in [5.74, 6) is 3.00. The van der Waals surface area contributed by atoms with Crippen molar-refractivity contribution < 1.29 is 9.84 Å². The van der Waals surface area contributed by atoms with E-state index in [-0.39, 0.29) is 11.5 Å². The van der Waals surface area contributed by atoms with Crippen LogP contribution in [0, 0.1) is 5.92 Å². The second-order valence-corrected chi connectivity index (χ2v) is 6.24. The number of nitrogens with zero attached hydrogens (tertiary/aromatic N) is 2. The molecule has 3 atom stereocenters. The summed E-state index contributed by atoms with van der Waals surface area (Å²) >= 11 is 1.95. The smallest absolute Gasteiger partial charge is 0.157 e. The molecule has 0 bridgehead atoms. The molecule has 0 aromatic carbocycles. The fourth-order valence-corrected chi connectivity index (χ4v) is 4.25. The Morgan fingerprint density at radius 1 is 1.44 bits per heavy atom. The Bertz CT molecular complexity index is 395. The van der Waals surface area contributed by atoms with E-state index < -0.39 is 6.10 Å². The molecule has 4 nitrogen and oxygen atoms in total. The lowest BCUT2D eigenvalue weighted by molar-refractivity contribution is -0.103. The molecular formula is C13H18N2O2S. The van der Waals surface area contributed by atoms with Crippen molar-refractivity contribution in [3.05, 3.63) is 24.3 Å². The Hall–Kier alpha value is -0.650. The van der Waals surface area contributed by atoms with Crippen molar-refractivity contribution in [1.82, 2.24) is 9.97 Å². The summed E-state index contributed by atoms with van der Waals surface area (Å²) in [7, 11) is 0. The third-order valence-corrected chi connectivity index (χ3v) is 5.12. The Morgan fingerprint density at radius 2 is 2.28 bits per heavy atom. The number of aliphatic hydroxyl groups is 1. The van der Waals surface area contributed by atoms with Crippen molar-refractivity contribution in [3.63, 3.8) is 0 Å². The molecule has 3 rings (SSSR count). The van der Waals surface area contributed by atoms with E-state index in [0.29, 0.717) is 5.82 Å². The molecule has 98 valence electrons. The fraction of sp³-hybridized carbons (Fsp3) is 0.692. The largest absolute Gasteiger partial charge is 0.385 e. The van der Waals surface area contributed by atoms with E-state index >= 15 is 0 Å². The van der Waals surface area contributed by atoms with Gasteiger partial charge in [0.05, 0.1) is 5.60 Å². The first-order chi connectivity index (χ1) is 8.79. The van der Waals surface area contributed by atoms with E-state index in [4.69, 9.17) is 4.74 Å². The van der Waals surface area contributed by atoms with Gasteiger partial charge in [0.25, 0.3) is 0 Å². The molecule has 0 aliphatic carbocycles. The molecular weight excluding hydrogens is 248 g/mol. The van der Waals surface area contributed by atoms with E-state index in [9.17, 15) is 5.11 Å². The molecule has 5 heteroatoms. The molecule has 18 heavy (non-hydrogen) atoms. The van der Waals surface area contributed by atoms with Crippen LogP contribution in [0.4, 0.5) is 0 Å². The molecule has 3 unspecified atom stereocenters. The Morgan fingerprint density at radius 3 is 3.00 bits per heavy atom. The average molecular weight is 266 g/mol. The zero-order valence-electron chi connectivity index (χ0n) is 10.3. The van der Waals surface area contributed by atoms with Crippen LogP contribution in [0.25, 0.3) is 0 Å². The van der Waals surface area contributed by atoms with Gasteiger partial charge in [-0.1, -0.05) is 0 Å². The molecule has 2 aliphatic rings. The van der Waals surface area contributed by atoms with E-state index in [0.717, 1.165) is 31.6 Å². The zero-order chi connectivity index (χ0) is 12.4. The maximum absolute atomic E-state index is 10.4. The highest BCUT2D eigenvalue weighted by molar-refractivity contribution is 7.99. The molecule has 1 spiro atoms. The monoisotopic (exact) mass is 266 g/mol. The second kappa shape index (κ2) is 5.15. The summed E-state index contributed by atoms with van der Waals surface area (Å²) in [4.78, 5) is 8.32. The lowest BCUT2D eigenvalue weighted by Crippen LogP contribution is -2.41. The van der Waals surface area contributed by atoms with Gasteiger partial charge >= 0.3 is 0 Å². The topological polar surface area (TPSA) is 55.2 Å². The maximum Gasteiger partial charge on any atom is 0.157 e. The highest BCUT2D eigenvalue weighted by Gasteiger charge is 2.42. The molecule has 2 saturated heterocycles. The van der Waals surface area contributed by atoms with Crippen molar-refractivity contribution in [2.24, 2.45) is 5.92 Å². The molecule has 2 aliphatic heterocycles. The van der Waals surface area contributed by atoms with E-state index in [2.05, 4.69) is 9.97 Å². The van der Waals surface area contributed by atoms with Crippen LogP contribution >= 0.6 is 11.8 Å². The quantitative estimate of drug-likeness (QED) is 0.885. The minimum atomic E-state index is -0.558. The van der Waals surface area contributed by atoms with Gasteiger partial charge in [0, 0.05) is 24.8 Å². The highest BCUT2D eigenvalue weighted by atomic mass is 32.2. The van der Waals surface area contributed by atoms with Gasteiger partial charge in [0.2, 0.25) is 0 Å². The summed E-state index contributed by atoms with van der Waals surface area (Å²) in [5.41, 5.74) is 0.00332. The molecule has 0 radical (unpaired) electrons. The van der Waals surface area contributed by atoms with Gasteiger partial charge in [0.15, 0.2) is 5.82 Å². The summed E-state index contributed by atoms with van der Waals surface area (Å²) < 4.78 is 5.97. The summed E-state index contributed by atoms with van der Waals surface area (Å²) in [6.45, 7) is 0.745. The lowest BCUT2D eigenvalue weighted by atomic mass is 9.82. The fourth-order valence-electron chi connectivity index (χ4n) is 2.87.